The topological polar surface area (TPSA) is 38.6 Å². The Kier molecular flexibility index (Phi) is 4.47. The van der Waals surface area contributed by atoms with E-state index in [0.717, 1.165) is 38.1 Å². The lowest BCUT2D eigenvalue weighted by Gasteiger charge is -2.26. The van der Waals surface area contributed by atoms with Crippen molar-refractivity contribution in [2.45, 2.75) is 44.0 Å². The Morgan fingerprint density at radius 3 is 2.91 bits per heavy atom. The molecule has 22 heavy (non-hydrogen) atoms. The van der Waals surface area contributed by atoms with Gasteiger partial charge in [-0.05, 0) is 25.3 Å². The molecule has 122 valence electrons. The Morgan fingerprint density at radius 1 is 1.41 bits per heavy atom. The fourth-order valence-corrected chi connectivity index (χ4v) is 3.23. The van der Waals surface area contributed by atoms with E-state index in [2.05, 4.69) is 10.3 Å². The number of hydrogen-bond acceptors (Lipinski definition) is 3. The average molecular weight is 337 g/mol. The molecule has 2 N–H and O–H groups in total. The molecule has 2 aliphatic heterocycles. The highest BCUT2D eigenvalue weighted by Gasteiger charge is 2.36. The zero-order valence-electron chi connectivity index (χ0n) is 11.9. The third kappa shape index (κ3) is 3.47. The number of nitrogens with one attached hydrogen (secondary N) is 2. The third-order valence-electron chi connectivity index (χ3n) is 4.12. The zero-order valence-corrected chi connectivity index (χ0v) is 12.7. The summed E-state index contributed by atoms with van der Waals surface area (Å²) < 4.78 is 37.7. The summed E-state index contributed by atoms with van der Waals surface area (Å²) in [6.45, 7) is 1.46. The molecule has 1 aromatic heterocycles. The number of fused-ring (bicyclic) bond motifs is 1. The summed E-state index contributed by atoms with van der Waals surface area (Å²) in [5.74, 6) is 0.378. The minimum absolute atomic E-state index is 0.0190. The van der Waals surface area contributed by atoms with Crippen LogP contribution in [-0.2, 0) is 11.0 Å². The van der Waals surface area contributed by atoms with E-state index >= 15 is 0 Å². The predicted octanol–water partition coefficient (Wildman–Crippen LogP) is 3.14. The molecule has 2 fully saturated rings. The lowest BCUT2D eigenvalue weighted by atomic mass is 10.0. The number of nitrogens with zero attached hydrogens (tertiary/aromatic N) is 1. The summed E-state index contributed by atoms with van der Waals surface area (Å²) >= 11 is 5.90. The molecule has 0 radical (unpaired) electrons. The fourth-order valence-electron chi connectivity index (χ4n) is 2.99. The van der Waals surface area contributed by atoms with Crippen molar-refractivity contribution in [1.29, 1.82) is 0 Å². The van der Waals surface area contributed by atoms with Gasteiger partial charge in [0.2, 0.25) is 0 Å². The standard InChI is InChI=1S/C14H17ClF3N3O/c15-12-5-9(14(16,17)18)7-19-13(12)20-8-11-6-10-3-1-2-4-21(10)22-11/h5,7,10-11H,1-4,6,8H2,(H,19,20)/p+1/t10-,11+/m0/s1. The maximum absolute atomic E-state index is 12.6. The van der Waals surface area contributed by atoms with Crippen molar-refractivity contribution in [3.05, 3.63) is 22.8 Å². The lowest BCUT2D eigenvalue weighted by molar-refractivity contribution is -0.364. The van der Waals surface area contributed by atoms with Gasteiger partial charge in [0.15, 0.2) is 0 Å². The average Bonchev–Trinajstić information content (AvgIpc) is 2.87. The van der Waals surface area contributed by atoms with Gasteiger partial charge < -0.3 is 0 Å². The molecule has 2 saturated heterocycles. The number of pyridine rings is 1. The highest BCUT2D eigenvalue weighted by Crippen LogP contribution is 2.32. The number of aromatic nitrogens is 1. The van der Waals surface area contributed by atoms with Crippen molar-refractivity contribution in [2.24, 2.45) is 0 Å². The Labute approximate surface area is 131 Å². The predicted molar refractivity (Wildman–Crippen MR) is 75.3 cm³/mol. The Bertz CT molecular complexity index is 527. The molecule has 0 unspecified atom stereocenters. The molecule has 0 saturated carbocycles. The molecular weight excluding hydrogens is 319 g/mol. The van der Waals surface area contributed by atoms with Crippen LogP contribution in [0.1, 0.15) is 31.2 Å². The van der Waals surface area contributed by atoms with Crippen molar-refractivity contribution >= 4 is 17.4 Å². The van der Waals surface area contributed by atoms with Crippen molar-refractivity contribution < 1.29 is 23.0 Å². The van der Waals surface area contributed by atoms with Crippen LogP contribution < -0.4 is 10.3 Å². The summed E-state index contributed by atoms with van der Waals surface area (Å²) in [6, 6.07) is 1.38. The van der Waals surface area contributed by atoms with Crippen molar-refractivity contribution in [3.63, 3.8) is 0 Å². The van der Waals surface area contributed by atoms with Gasteiger partial charge in [-0.1, -0.05) is 18.0 Å². The van der Waals surface area contributed by atoms with Crippen LogP contribution >= 0.6 is 11.6 Å². The van der Waals surface area contributed by atoms with E-state index in [1.165, 1.54) is 6.42 Å². The number of anilines is 1. The first-order valence-corrected chi connectivity index (χ1v) is 7.77. The first kappa shape index (κ1) is 15.8. The van der Waals surface area contributed by atoms with Gasteiger partial charge in [-0.2, -0.15) is 18.2 Å². The lowest BCUT2D eigenvalue weighted by Crippen LogP contribution is -2.33. The monoisotopic (exact) mass is 336 g/mol. The largest absolute Gasteiger partial charge is 0.419 e. The van der Waals surface area contributed by atoms with Crippen LogP contribution in [0.2, 0.25) is 5.02 Å². The molecule has 4 nitrogen and oxygen atoms in total. The van der Waals surface area contributed by atoms with Crippen LogP contribution in [0.15, 0.2) is 12.3 Å². The molecule has 0 aliphatic carbocycles. The minimum atomic E-state index is -4.41. The van der Waals surface area contributed by atoms with Gasteiger partial charge in [0, 0.05) is 12.6 Å². The van der Waals surface area contributed by atoms with E-state index in [0.29, 0.717) is 18.4 Å². The second kappa shape index (κ2) is 6.22. The molecule has 0 amide bonds. The molecule has 0 spiro atoms. The highest BCUT2D eigenvalue weighted by molar-refractivity contribution is 6.32. The molecular formula is C14H18ClF3N3O+. The second-order valence-corrected chi connectivity index (χ2v) is 6.15. The highest BCUT2D eigenvalue weighted by atomic mass is 35.5. The Hall–Kier alpha value is -1.05. The molecule has 8 heteroatoms. The van der Waals surface area contributed by atoms with Gasteiger partial charge in [-0.25, -0.2) is 4.98 Å². The summed E-state index contributed by atoms with van der Waals surface area (Å²) in [5.41, 5.74) is -0.794. The van der Waals surface area contributed by atoms with Crippen LogP contribution in [0, 0.1) is 0 Å². The van der Waals surface area contributed by atoms with Gasteiger partial charge in [0.1, 0.15) is 23.9 Å². The number of hydroxylamine groups is 2. The maximum Gasteiger partial charge on any atom is 0.419 e. The van der Waals surface area contributed by atoms with Crippen molar-refractivity contribution in [3.8, 4) is 0 Å². The smallest absolute Gasteiger partial charge is 0.291 e. The van der Waals surface area contributed by atoms with Crippen LogP contribution in [0.25, 0.3) is 0 Å². The van der Waals surface area contributed by atoms with Gasteiger partial charge in [-0.15, -0.1) is 0 Å². The van der Waals surface area contributed by atoms with Crippen LogP contribution in [0.5, 0.6) is 0 Å². The molecule has 0 aromatic carbocycles. The van der Waals surface area contributed by atoms with E-state index in [1.54, 1.807) is 0 Å². The number of halogens is 4. The normalized spacial score (nSPS) is 26.0. The number of aromatic amines is 1. The zero-order chi connectivity index (χ0) is 15.7. The molecule has 2 aliphatic rings. The van der Waals surface area contributed by atoms with E-state index in [4.69, 9.17) is 16.4 Å². The van der Waals surface area contributed by atoms with E-state index in [-0.39, 0.29) is 11.1 Å². The van der Waals surface area contributed by atoms with Gasteiger partial charge in [0.25, 0.3) is 5.82 Å². The van der Waals surface area contributed by atoms with E-state index in [1.807, 2.05) is 5.06 Å². The van der Waals surface area contributed by atoms with E-state index in [9.17, 15) is 13.2 Å². The van der Waals surface area contributed by atoms with Crippen LogP contribution in [-0.4, -0.2) is 30.3 Å². The quantitative estimate of drug-likeness (QED) is 0.921. The Balaban J connectivity index is 1.58. The number of rotatable bonds is 3. The SMILES string of the molecule is FC(F)(F)c1c[nH+]c(NC[C@H]2C[C@@H]3CCCCN3O2)c(Cl)c1. The minimum Gasteiger partial charge on any atom is -0.291 e. The van der Waals surface area contributed by atoms with Gasteiger partial charge >= 0.3 is 6.18 Å². The summed E-state index contributed by atoms with van der Waals surface area (Å²) in [6.07, 6.45) is 0.978. The van der Waals surface area contributed by atoms with Gasteiger partial charge in [-0.3, -0.25) is 10.2 Å². The second-order valence-electron chi connectivity index (χ2n) is 5.74. The fraction of sp³-hybridized carbons (Fsp3) is 0.643. The molecule has 1 aromatic rings. The molecule has 0 bridgehead atoms. The van der Waals surface area contributed by atoms with Crippen LogP contribution in [0.3, 0.4) is 0 Å². The first-order valence-electron chi connectivity index (χ1n) is 7.39. The first-order chi connectivity index (χ1) is 10.4. The van der Waals surface area contributed by atoms with E-state index < -0.39 is 11.7 Å². The van der Waals surface area contributed by atoms with Crippen molar-refractivity contribution in [2.75, 3.05) is 18.4 Å². The number of piperidine rings is 1. The molecule has 3 heterocycles. The van der Waals surface area contributed by atoms with Crippen LogP contribution in [0.4, 0.5) is 19.0 Å². The number of hydrogen-bond donors (Lipinski definition) is 1. The number of alkyl halides is 3. The third-order valence-corrected chi connectivity index (χ3v) is 4.42. The van der Waals surface area contributed by atoms with Crippen molar-refractivity contribution in [1.82, 2.24) is 5.06 Å². The summed E-state index contributed by atoms with van der Waals surface area (Å²) in [7, 11) is 0. The molecule has 2 atom stereocenters. The number of H-pyrrole nitrogens is 1. The summed E-state index contributed by atoms with van der Waals surface area (Å²) in [4.78, 5) is 8.41. The summed E-state index contributed by atoms with van der Waals surface area (Å²) in [5, 5.41) is 5.09. The Morgan fingerprint density at radius 2 is 2.23 bits per heavy atom. The molecule has 3 rings (SSSR count). The maximum atomic E-state index is 12.6. The van der Waals surface area contributed by atoms with Gasteiger partial charge in [0.05, 0.1) is 5.56 Å².